The standard InChI is InChI=1S/C20H36N4.HI/c1-21-20(23-19-13-18(19)14-7-4-3-5-8-14)22-15-11-16-9-6-10-17(12-15)24(16)2;/h14-19H,3-13H2,1-2H3,(H2,21,22,23);1H. The average Bonchev–Trinajstić information content (AvgIpc) is 3.35. The quantitative estimate of drug-likeness (QED) is 0.383. The molecule has 25 heavy (non-hydrogen) atoms. The number of hydrogen-bond donors (Lipinski definition) is 2. The van der Waals surface area contributed by atoms with Crippen molar-refractivity contribution in [2.75, 3.05) is 14.1 Å². The summed E-state index contributed by atoms with van der Waals surface area (Å²) >= 11 is 0. The van der Waals surface area contributed by atoms with E-state index in [0.717, 1.165) is 29.9 Å². The minimum Gasteiger partial charge on any atom is -0.354 e. The highest BCUT2D eigenvalue weighted by Gasteiger charge is 2.44. The SMILES string of the molecule is CN=C(NC1CC2CCCC(C1)N2C)NC1CC1C1CCCCC1.I. The molecule has 0 amide bonds. The van der Waals surface area contributed by atoms with Crippen LogP contribution in [0.1, 0.15) is 70.6 Å². The van der Waals surface area contributed by atoms with E-state index in [-0.39, 0.29) is 24.0 Å². The molecule has 2 N–H and O–H groups in total. The van der Waals surface area contributed by atoms with E-state index >= 15 is 0 Å². The van der Waals surface area contributed by atoms with E-state index in [9.17, 15) is 0 Å². The number of piperidine rings is 2. The van der Waals surface area contributed by atoms with E-state index in [1.54, 1.807) is 0 Å². The fourth-order valence-corrected chi connectivity index (χ4v) is 5.74. The van der Waals surface area contributed by atoms with Gasteiger partial charge in [-0.3, -0.25) is 4.99 Å². The average molecular weight is 460 g/mol. The molecule has 4 unspecified atom stereocenters. The van der Waals surface area contributed by atoms with E-state index in [4.69, 9.17) is 0 Å². The molecular weight excluding hydrogens is 423 g/mol. The van der Waals surface area contributed by atoms with Gasteiger partial charge in [0.25, 0.3) is 0 Å². The fourth-order valence-electron chi connectivity index (χ4n) is 5.74. The van der Waals surface area contributed by atoms with Crippen LogP contribution in [0.15, 0.2) is 4.99 Å². The number of nitrogens with one attached hydrogen (secondary N) is 2. The molecule has 0 radical (unpaired) electrons. The number of halogens is 1. The molecule has 4 rings (SSSR count). The molecule has 4 atom stereocenters. The highest BCUT2D eigenvalue weighted by atomic mass is 127. The Morgan fingerprint density at radius 2 is 1.56 bits per heavy atom. The van der Waals surface area contributed by atoms with Crippen LogP contribution in [0.25, 0.3) is 0 Å². The molecule has 4 aliphatic rings. The predicted molar refractivity (Wildman–Crippen MR) is 116 cm³/mol. The van der Waals surface area contributed by atoms with Gasteiger partial charge in [-0.15, -0.1) is 24.0 Å². The number of guanidine groups is 1. The zero-order chi connectivity index (χ0) is 16.5. The maximum atomic E-state index is 4.54. The normalized spacial score (nSPS) is 39.4. The van der Waals surface area contributed by atoms with Crippen LogP contribution in [-0.2, 0) is 0 Å². The Kier molecular flexibility index (Phi) is 6.91. The fraction of sp³-hybridized carbons (Fsp3) is 0.950. The van der Waals surface area contributed by atoms with Crippen molar-refractivity contribution >= 4 is 29.9 Å². The summed E-state index contributed by atoms with van der Waals surface area (Å²) in [6.07, 6.45) is 15.4. The summed E-state index contributed by atoms with van der Waals surface area (Å²) in [4.78, 5) is 7.17. The third-order valence-electron chi connectivity index (χ3n) is 7.32. The van der Waals surface area contributed by atoms with Gasteiger partial charge in [0.15, 0.2) is 5.96 Å². The molecule has 5 heteroatoms. The van der Waals surface area contributed by atoms with Gasteiger partial charge in [-0.1, -0.05) is 38.5 Å². The van der Waals surface area contributed by atoms with E-state index in [0.29, 0.717) is 12.1 Å². The van der Waals surface area contributed by atoms with Gasteiger partial charge in [0.05, 0.1) is 0 Å². The van der Waals surface area contributed by atoms with Gasteiger partial charge in [-0.2, -0.15) is 0 Å². The van der Waals surface area contributed by atoms with Crippen LogP contribution in [0.2, 0.25) is 0 Å². The third kappa shape index (κ3) is 4.63. The summed E-state index contributed by atoms with van der Waals surface area (Å²) in [6.45, 7) is 0. The highest BCUT2D eigenvalue weighted by molar-refractivity contribution is 14.0. The Balaban J connectivity index is 0.00000182. The van der Waals surface area contributed by atoms with Gasteiger partial charge >= 0.3 is 0 Å². The second-order valence-electron chi connectivity index (χ2n) is 8.84. The molecule has 2 bridgehead atoms. The lowest BCUT2D eigenvalue weighted by Crippen LogP contribution is -2.56. The predicted octanol–water partition coefficient (Wildman–Crippen LogP) is 3.75. The van der Waals surface area contributed by atoms with Gasteiger partial charge in [0.2, 0.25) is 0 Å². The molecule has 2 heterocycles. The molecule has 4 fully saturated rings. The van der Waals surface area contributed by atoms with Crippen molar-refractivity contribution in [2.24, 2.45) is 16.8 Å². The van der Waals surface area contributed by atoms with Crippen LogP contribution in [0, 0.1) is 11.8 Å². The molecule has 0 aromatic carbocycles. The van der Waals surface area contributed by atoms with Crippen molar-refractivity contribution < 1.29 is 0 Å². The molecule has 4 nitrogen and oxygen atoms in total. The second kappa shape index (κ2) is 8.77. The maximum absolute atomic E-state index is 4.54. The lowest BCUT2D eigenvalue weighted by Gasteiger charge is -2.47. The zero-order valence-corrected chi connectivity index (χ0v) is 18.4. The molecule has 0 spiro atoms. The first kappa shape index (κ1) is 19.7. The highest BCUT2D eigenvalue weighted by Crippen LogP contribution is 2.44. The minimum absolute atomic E-state index is 0. The molecule has 2 saturated carbocycles. The van der Waals surface area contributed by atoms with Crippen LogP contribution in [0.5, 0.6) is 0 Å². The van der Waals surface area contributed by atoms with E-state index in [2.05, 4.69) is 27.6 Å². The van der Waals surface area contributed by atoms with Crippen molar-refractivity contribution in [3.63, 3.8) is 0 Å². The third-order valence-corrected chi connectivity index (χ3v) is 7.32. The topological polar surface area (TPSA) is 39.7 Å². The lowest BCUT2D eigenvalue weighted by atomic mass is 9.82. The maximum Gasteiger partial charge on any atom is 0.191 e. The van der Waals surface area contributed by atoms with Gasteiger partial charge in [-0.25, -0.2) is 0 Å². The Labute approximate surface area is 171 Å². The van der Waals surface area contributed by atoms with Crippen LogP contribution in [-0.4, -0.2) is 49.1 Å². The first-order valence-electron chi connectivity index (χ1n) is 10.5. The van der Waals surface area contributed by atoms with Crippen molar-refractivity contribution in [1.29, 1.82) is 0 Å². The minimum atomic E-state index is 0. The number of nitrogens with zero attached hydrogens (tertiary/aromatic N) is 2. The molecular formula is C20H37IN4. The lowest BCUT2D eigenvalue weighted by molar-refractivity contribution is 0.0526. The van der Waals surface area contributed by atoms with E-state index in [1.165, 1.54) is 70.6 Å². The smallest absolute Gasteiger partial charge is 0.191 e. The largest absolute Gasteiger partial charge is 0.354 e. The van der Waals surface area contributed by atoms with Crippen LogP contribution in [0.3, 0.4) is 0 Å². The molecule has 0 aromatic heterocycles. The van der Waals surface area contributed by atoms with Crippen LogP contribution < -0.4 is 10.6 Å². The molecule has 144 valence electrons. The Bertz CT molecular complexity index is 449. The van der Waals surface area contributed by atoms with Gasteiger partial charge in [-0.05, 0) is 51.0 Å². The number of aliphatic imine (C=N–C) groups is 1. The Hall–Kier alpha value is -0.0400. The van der Waals surface area contributed by atoms with Crippen molar-refractivity contribution in [1.82, 2.24) is 15.5 Å². The Morgan fingerprint density at radius 1 is 0.880 bits per heavy atom. The summed E-state index contributed by atoms with van der Waals surface area (Å²) < 4.78 is 0. The Morgan fingerprint density at radius 3 is 2.20 bits per heavy atom. The second-order valence-corrected chi connectivity index (χ2v) is 8.84. The molecule has 2 aliphatic carbocycles. The van der Waals surface area contributed by atoms with Crippen molar-refractivity contribution in [3.8, 4) is 0 Å². The summed E-state index contributed by atoms with van der Waals surface area (Å²) in [6, 6.07) is 2.85. The summed E-state index contributed by atoms with van der Waals surface area (Å²) in [5.41, 5.74) is 0. The molecule has 2 saturated heterocycles. The first-order valence-corrected chi connectivity index (χ1v) is 10.5. The monoisotopic (exact) mass is 460 g/mol. The zero-order valence-electron chi connectivity index (χ0n) is 16.0. The van der Waals surface area contributed by atoms with Gasteiger partial charge in [0, 0.05) is 31.2 Å². The number of rotatable bonds is 3. The van der Waals surface area contributed by atoms with Gasteiger partial charge in [0.1, 0.15) is 0 Å². The van der Waals surface area contributed by atoms with Gasteiger partial charge < -0.3 is 15.5 Å². The van der Waals surface area contributed by atoms with Crippen LogP contribution in [0.4, 0.5) is 0 Å². The van der Waals surface area contributed by atoms with E-state index < -0.39 is 0 Å². The molecule has 0 aromatic rings. The summed E-state index contributed by atoms with van der Waals surface area (Å²) in [7, 11) is 4.26. The van der Waals surface area contributed by atoms with Crippen molar-refractivity contribution in [3.05, 3.63) is 0 Å². The van der Waals surface area contributed by atoms with Crippen LogP contribution >= 0.6 is 24.0 Å². The number of hydrogen-bond acceptors (Lipinski definition) is 2. The summed E-state index contributed by atoms with van der Waals surface area (Å²) in [5, 5.41) is 7.50. The van der Waals surface area contributed by atoms with Crippen molar-refractivity contribution in [2.45, 2.75) is 94.8 Å². The molecule has 2 aliphatic heterocycles. The van der Waals surface area contributed by atoms with E-state index in [1.807, 2.05) is 7.05 Å². The number of fused-ring (bicyclic) bond motifs is 2. The summed E-state index contributed by atoms with van der Waals surface area (Å²) in [5.74, 6) is 2.96. The first-order chi connectivity index (χ1) is 11.7.